The number of aromatic nitrogens is 4. The summed E-state index contributed by atoms with van der Waals surface area (Å²) in [5, 5.41) is 13.9. The third-order valence-electron chi connectivity index (χ3n) is 2.92. The van der Waals surface area contributed by atoms with Crippen molar-refractivity contribution in [1.29, 1.82) is 0 Å². The Hall–Kier alpha value is -2.65. The van der Waals surface area contributed by atoms with Crippen LogP contribution in [0.5, 0.6) is 0 Å². The quantitative estimate of drug-likeness (QED) is 0.655. The number of fused-ring (bicyclic) bond motifs is 1. The highest BCUT2D eigenvalue weighted by molar-refractivity contribution is 6.42. The van der Waals surface area contributed by atoms with Crippen LogP contribution < -0.4 is 10.6 Å². The monoisotopic (exact) mass is 368 g/mol. The first-order valence-electron chi connectivity index (χ1n) is 6.60. The fourth-order valence-electron chi connectivity index (χ4n) is 1.79. The van der Waals surface area contributed by atoms with E-state index < -0.39 is 5.97 Å². The van der Waals surface area contributed by atoms with Crippen molar-refractivity contribution in [3.8, 4) is 0 Å². The van der Waals surface area contributed by atoms with Gasteiger partial charge in [-0.2, -0.15) is 0 Å². The molecule has 0 aliphatic rings. The normalized spacial score (nSPS) is 10.6. The number of carbonyl (C=O) groups is 1. The zero-order valence-electron chi connectivity index (χ0n) is 12.2. The first-order chi connectivity index (χ1) is 11.6. The predicted octanol–water partition coefficient (Wildman–Crippen LogP) is 2.65. The Labute approximate surface area is 145 Å². The Balaban J connectivity index is 1.94. The highest BCUT2D eigenvalue weighted by Crippen LogP contribution is 2.28. The molecule has 0 spiro atoms. The van der Waals surface area contributed by atoms with Crippen molar-refractivity contribution in [3.05, 3.63) is 28.2 Å². The average Bonchev–Trinajstić information content (AvgIpc) is 3.03. The first-order valence-corrected chi connectivity index (χ1v) is 7.35. The summed E-state index contributed by atoms with van der Waals surface area (Å²) in [5.41, 5.74) is 1.03. The Morgan fingerprint density at radius 3 is 2.54 bits per heavy atom. The van der Waals surface area contributed by atoms with E-state index in [1.54, 1.807) is 18.2 Å². The number of rotatable bonds is 5. The van der Waals surface area contributed by atoms with Gasteiger partial charge in [0.25, 0.3) is 0 Å². The molecule has 0 aliphatic heterocycles. The number of hydrogen-bond donors (Lipinski definition) is 2. The number of anilines is 3. The van der Waals surface area contributed by atoms with Crippen LogP contribution in [0.1, 0.15) is 0 Å². The van der Waals surface area contributed by atoms with E-state index in [1.165, 1.54) is 7.11 Å². The van der Waals surface area contributed by atoms with E-state index in [4.69, 9.17) is 23.2 Å². The van der Waals surface area contributed by atoms with Gasteiger partial charge in [0.1, 0.15) is 6.54 Å². The van der Waals surface area contributed by atoms with Gasteiger partial charge in [-0.3, -0.25) is 4.79 Å². The molecular formula is C13H10Cl2N6O3. The molecular weight excluding hydrogens is 359 g/mol. The van der Waals surface area contributed by atoms with Crippen LogP contribution in [0.3, 0.4) is 0 Å². The number of esters is 1. The van der Waals surface area contributed by atoms with Crippen molar-refractivity contribution in [2.75, 3.05) is 24.3 Å². The third kappa shape index (κ3) is 3.47. The molecule has 2 heterocycles. The van der Waals surface area contributed by atoms with E-state index in [-0.39, 0.29) is 23.7 Å². The van der Waals surface area contributed by atoms with Gasteiger partial charge in [0.05, 0.1) is 17.2 Å². The highest BCUT2D eigenvalue weighted by atomic mass is 35.5. The van der Waals surface area contributed by atoms with E-state index in [9.17, 15) is 4.79 Å². The molecule has 1 aromatic carbocycles. The Morgan fingerprint density at radius 1 is 1.17 bits per heavy atom. The molecule has 0 atom stereocenters. The van der Waals surface area contributed by atoms with Crippen LogP contribution in [0.25, 0.3) is 11.3 Å². The fraction of sp³-hybridized carbons (Fsp3) is 0.154. The Bertz CT molecular complexity index is 901. The van der Waals surface area contributed by atoms with Gasteiger partial charge in [-0.05, 0) is 28.5 Å². The molecule has 0 fully saturated rings. The molecule has 24 heavy (non-hydrogen) atoms. The molecule has 2 aromatic heterocycles. The van der Waals surface area contributed by atoms with Gasteiger partial charge in [-0.1, -0.05) is 23.2 Å². The number of benzene rings is 1. The van der Waals surface area contributed by atoms with Crippen LogP contribution in [0.15, 0.2) is 22.8 Å². The van der Waals surface area contributed by atoms with E-state index in [2.05, 4.69) is 40.3 Å². The van der Waals surface area contributed by atoms with E-state index >= 15 is 0 Å². The lowest BCUT2D eigenvalue weighted by Gasteiger charge is -2.11. The first kappa shape index (κ1) is 16.2. The average molecular weight is 369 g/mol. The second-order valence-corrected chi connectivity index (χ2v) is 5.33. The summed E-state index contributed by atoms with van der Waals surface area (Å²) >= 11 is 11.9. The lowest BCUT2D eigenvalue weighted by atomic mass is 10.3. The van der Waals surface area contributed by atoms with Crippen LogP contribution in [-0.4, -0.2) is 39.9 Å². The van der Waals surface area contributed by atoms with E-state index in [0.717, 1.165) is 0 Å². The summed E-state index contributed by atoms with van der Waals surface area (Å²) in [6, 6.07) is 4.98. The van der Waals surface area contributed by atoms with Gasteiger partial charge < -0.3 is 15.4 Å². The minimum absolute atomic E-state index is 0.0992. The number of nitrogens with zero attached hydrogens (tertiary/aromatic N) is 4. The number of methoxy groups -OCH3 is 1. The lowest BCUT2D eigenvalue weighted by Crippen LogP contribution is -2.17. The van der Waals surface area contributed by atoms with Gasteiger partial charge in [-0.25, -0.2) is 14.6 Å². The molecule has 0 aliphatic carbocycles. The number of carbonyl (C=O) groups excluding carboxylic acids is 1. The smallest absolute Gasteiger partial charge is 0.325 e. The summed E-state index contributed by atoms with van der Waals surface area (Å²) in [6.45, 7) is -0.0992. The maximum Gasteiger partial charge on any atom is 0.325 e. The molecule has 0 unspecified atom stereocenters. The van der Waals surface area contributed by atoms with Gasteiger partial charge in [0.15, 0.2) is 11.6 Å². The molecule has 0 radical (unpaired) electrons. The molecule has 0 bridgehead atoms. The zero-order chi connectivity index (χ0) is 17.1. The van der Waals surface area contributed by atoms with Gasteiger partial charge in [-0.15, -0.1) is 0 Å². The number of hydrogen-bond acceptors (Lipinski definition) is 9. The lowest BCUT2D eigenvalue weighted by molar-refractivity contribution is -0.138. The predicted molar refractivity (Wildman–Crippen MR) is 87.6 cm³/mol. The number of nitrogens with one attached hydrogen (secondary N) is 2. The van der Waals surface area contributed by atoms with Crippen LogP contribution in [0.4, 0.5) is 17.3 Å². The Morgan fingerprint density at radius 2 is 1.88 bits per heavy atom. The van der Waals surface area contributed by atoms with Crippen LogP contribution in [0, 0.1) is 0 Å². The number of ether oxygens (including phenoxy) is 1. The van der Waals surface area contributed by atoms with Crippen LogP contribution >= 0.6 is 23.2 Å². The van der Waals surface area contributed by atoms with E-state index in [1.807, 2.05) is 0 Å². The van der Waals surface area contributed by atoms with Crippen molar-refractivity contribution in [1.82, 2.24) is 20.3 Å². The summed E-state index contributed by atoms with van der Waals surface area (Å²) in [6.07, 6.45) is 0. The van der Waals surface area contributed by atoms with Crippen molar-refractivity contribution in [2.24, 2.45) is 0 Å². The van der Waals surface area contributed by atoms with Gasteiger partial charge >= 0.3 is 5.97 Å². The molecule has 3 rings (SSSR count). The molecule has 0 saturated heterocycles. The molecule has 11 heteroatoms. The fourth-order valence-corrected chi connectivity index (χ4v) is 2.09. The maximum atomic E-state index is 11.3. The second kappa shape index (κ2) is 6.85. The summed E-state index contributed by atoms with van der Waals surface area (Å²) < 4.78 is 9.18. The van der Waals surface area contributed by atoms with Gasteiger partial charge in [0.2, 0.25) is 11.3 Å². The maximum absolute atomic E-state index is 11.3. The molecule has 2 N–H and O–H groups in total. The minimum Gasteiger partial charge on any atom is -0.468 e. The summed E-state index contributed by atoms with van der Waals surface area (Å²) in [4.78, 5) is 19.8. The van der Waals surface area contributed by atoms with Crippen molar-refractivity contribution in [3.63, 3.8) is 0 Å². The molecule has 0 saturated carbocycles. The Kier molecular flexibility index (Phi) is 4.63. The summed E-state index contributed by atoms with van der Waals surface area (Å²) in [5.74, 6) is 0.117. The molecule has 124 valence electrons. The van der Waals surface area contributed by atoms with Crippen LogP contribution in [0.2, 0.25) is 10.0 Å². The van der Waals surface area contributed by atoms with Crippen molar-refractivity contribution >= 4 is 57.8 Å². The molecule has 0 amide bonds. The van der Waals surface area contributed by atoms with Crippen molar-refractivity contribution < 1.29 is 14.2 Å². The minimum atomic E-state index is -0.462. The van der Waals surface area contributed by atoms with Gasteiger partial charge in [0, 0.05) is 5.69 Å². The van der Waals surface area contributed by atoms with Crippen LogP contribution in [-0.2, 0) is 9.53 Å². The number of halogens is 2. The third-order valence-corrected chi connectivity index (χ3v) is 3.66. The molecule has 9 nitrogen and oxygen atoms in total. The largest absolute Gasteiger partial charge is 0.468 e. The SMILES string of the molecule is COC(=O)CNc1nc2nonc2nc1Nc1ccc(Cl)c(Cl)c1. The topological polar surface area (TPSA) is 115 Å². The molecule has 3 aromatic rings. The van der Waals surface area contributed by atoms with E-state index in [0.29, 0.717) is 21.6 Å². The zero-order valence-corrected chi connectivity index (χ0v) is 13.7. The summed E-state index contributed by atoms with van der Waals surface area (Å²) in [7, 11) is 1.29. The second-order valence-electron chi connectivity index (χ2n) is 4.52. The highest BCUT2D eigenvalue weighted by Gasteiger charge is 2.14. The standard InChI is InChI=1S/C13H10Cl2N6O3/c1-23-9(22)5-16-10-11(19-13-12(18-10)20-24-21-13)17-6-2-3-7(14)8(15)4-6/h2-4H,5H2,1H3,(H,16,18,20)(H,17,19,21). The van der Waals surface area contributed by atoms with Crippen molar-refractivity contribution in [2.45, 2.75) is 0 Å².